The van der Waals surface area contributed by atoms with Gasteiger partial charge in [0.05, 0.1) is 12.0 Å². The Morgan fingerprint density at radius 1 is 1.19 bits per heavy atom. The van der Waals surface area contributed by atoms with Gasteiger partial charge in [0.15, 0.2) is 5.78 Å². The number of imide groups is 1. The summed E-state index contributed by atoms with van der Waals surface area (Å²) in [5, 5.41) is 0. The molecule has 2 amide bonds. The van der Waals surface area contributed by atoms with Gasteiger partial charge in [-0.1, -0.05) is 12.8 Å². The molecule has 1 aliphatic heterocycles. The number of carbonyl (C=O) groups is 3. The molecule has 26 heavy (non-hydrogen) atoms. The molecule has 1 aromatic rings. The van der Waals surface area contributed by atoms with Gasteiger partial charge in [0.1, 0.15) is 6.54 Å². The molecule has 3 rings (SSSR count). The van der Waals surface area contributed by atoms with E-state index in [-0.39, 0.29) is 29.5 Å². The summed E-state index contributed by atoms with van der Waals surface area (Å²) in [5.41, 5.74) is -0.0291. The molecule has 0 bridgehead atoms. The quantitative estimate of drug-likeness (QED) is 0.604. The molecule has 1 aliphatic carbocycles. The molecule has 5 nitrogen and oxygen atoms in total. The third-order valence-electron chi connectivity index (χ3n) is 5.56. The molecule has 0 radical (unpaired) electrons. The van der Waals surface area contributed by atoms with Crippen LogP contribution in [0.5, 0.6) is 0 Å². The monoisotopic (exact) mass is 370 g/mol. The summed E-state index contributed by atoms with van der Waals surface area (Å²) in [7, 11) is 0. The Morgan fingerprint density at radius 2 is 1.81 bits per heavy atom. The van der Waals surface area contributed by atoms with Crippen LogP contribution in [-0.2, 0) is 16.1 Å². The average Bonchev–Trinajstić information content (AvgIpc) is 3.17. The van der Waals surface area contributed by atoms with E-state index in [1.165, 1.54) is 19.9 Å². The zero-order chi connectivity index (χ0) is 19.3. The number of amides is 2. The fraction of sp³-hybridized carbons (Fsp3) is 0.611. The third-order valence-corrected chi connectivity index (χ3v) is 5.56. The van der Waals surface area contributed by atoms with Gasteiger partial charge in [-0.15, -0.1) is 0 Å². The van der Waals surface area contributed by atoms with Crippen LogP contribution in [0.1, 0.15) is 53.8 Å². The first-order valence-electron chi connectivity index (χ1n) is 8.65. The van der Waals surface area contributed by atoms with Crippen LogP contribution >= 0.6 is 0 Å². The van der Waals surface area contributed by atoms with E-state index in [1.807, 2.05) is 0 Å². The lowest BCUT2D eigenvalue weighted by atomic mass is 9.84. The van der Waals surface area contributed by atoms with Crippen LogP contribution in [0.4, 0.5) is 13.2 Å². The Bertz CT molecular complexity index is 773. The highest BCUT2D eigenvalue weighted by molar-refractivity contribution is 6.10. The molecule has 0 N–H and O–H groups in total. The minimum atomic E-state index is -4.40. The van der Waals surface area contributed by atoms with E-state index in [9.17, 15) is 27.6 Å². The normalized spacial score (nSPS) is 19.8. The number of carbonyl (C=O) groups excluding carboxylic acids is 3. The second-order valence-electron chi connectivity index (χ2n) is 7.36. The maximum atomic E-state index is 12.7. The number of halogens is 3. The second-order valence-corrected chi connectivity index (χ2v) is 7.36. The zero-order valence-corrected chi connectivity index (χ0v) is 14.8. The summed E-state index contributed by atoms with van der Waals surface area (Å²) < 4.78 is 39.2. The van der Waals surface area contributed by atoms with Crippen molar-refractivity contribution in [2.24, 2.45) is 5.41 Å². The van der Waals surface area contributed by atoms with E-state index in [0.29, 0.717) is 18.5 Å². The van der Waals surface area contributed by atoms with Gasteiger partial charge in [-0.05, 0) is 32.8 Å². The highest BCUT2D eigenvalue weighted by Crippen LogP contribution is 2.46. The molecular formula is C18H21F3N2O3. The smallest absolute Gasteiger partial charge is 0.339 e. The molecule has 0 unspecified atom stereocenters. The Morgan fingerprint density at radius 3 is 2.38 bits per heavy atom. The summed E-state index contributed by atoms with van der Waals surface area (Å²) >= 11 is 0. The molecule has 2 fully saturated rings. The van der Waals surface area contributed by atoms with Crippen LogP contribution < -0.4 is 0 Å². The van der Waals surface area contributed by atoms with Crippen molar-refractivity contribution in [3.63, 3.8) is 0 Å². The van der Waals surface area contributed by atoms with Gasteiger partial charge < -0.3 is 4.57 Å². The summed E-state index contributed by atoms with van der Waals surface area (Å²) in [6.45, 7) is 1.35. The van der Waals surface area contributed by atoms with E-state index >= 15 is 0 Å². The van der Waals surface area contributed by atoms with Crippen LogP contribution in [0.2, 0.25) is 0 Å². The van der Waals surface area contributed by atoms with Crippen molar-refractivity contribution in [3.8, 4) is 0 Å². The second kappa shape index (κ2) is 6.25. The van der Waals surface area contributed by atoms with Crippen LogP contribution in [0.25, 0.3) is 0 Å². The van der Waals surface area contributed by atoms with Crippen molar-refractivity contribution in [1.29, 1.82) is 0 Å². The van der Waals surface area contributed by atoms with Crippen molar-refractivity contribution in [2.75, 3.05) is 6.54 Å². The summed E-state index contributed by atoms with van der Waals surface area (Å²) in [4.78, 5) is 38.5. The fourth-order valence-corrected chi connectivity index (χ4v) is 4.20. The van der Waals surface area contributed by atoms with Crippen LogP contribution in [0.3, 0.4) is 0 Å². The molecular weight excluding hydrogens is 349 g/mol. The summed E-state index contributed by atoms with van der Waals surface area (Å²) in [6, 6.07) is 1.39. The molecule has 0 aromatic carbocycles. The van der Waals surface area contributed by atoms with Crippen molar-refractivity contribution in [2.45, 2.75) is 58.7 Å². The lowest BCUT2D eigenvalue weighted by Crippen LogP contribution is -2.38. The largest absolute Gasteiger partial charge is 0.406 e. The molecule has 142 valence electrons. The topological polar surface area (TPSA) is 59.4 Å². The van der Waals surface area contributed by atoms with E-state index in [1.54, 1.807) is 0 Å². The number of Topliss-reactive ketones (excluding diaryl/α,β-unsaturated/α-hetero) is 1. The number of hydrogen-bond donors (Lipinski definition) is 0. The third kappa shape index (κ3) is 3.17. The van der Waals surface area contributed by atoms with Crippen molar-refractivity contribution < 1.29 is 27.6 Å². The molecule has 1 saturated carbocycles. The number of nitrogens with zero attached hydrogens (tertiary/aromatic N) is 2. The average molecular weight is 370 g/mol. The van der Waals surface area contributed by atoms with Gasteiger partial charge in [0.25, 0.3) is 0 Å². The molecule has 2 aliphatic rings. The Hall–Kier alpha value is -2.12. The Balaban J connectivity index is 1.80. The lowest BCUT2D eigenvalue weighted by molar-refractivity contribution is -0.141. The first-order valence-corrected chi connectivity index (χ1v) is 8.65. The van der Waals surface area contributed by atoms with E-state index in [0.717, 1.165) is 22.3 Å². The van der Waals surface area contributed by atoms with Gasteiger partial charge in [-0.2, -0.15) is 13.2 Å². The number of aryl methyl sites for hydroxylation is 1. The van der Waals surface area contributed by atoms with E-state index in [2.05, 4.69) is 0 Å². The van der Waals surface area contributed by atoms with Crippen LogP contribution in [-0.4, -0.2) is 39.8 Å². The maximum Gasteiger partial charge on any atom is 0.406 e. The number of ketones is 1. The van der Waals surface area contributed by atoms with Crippen LogP contribution in [0, 0.1) is 19.3 Å². The number of rotatable bonds is 4. The predicted molar refractivity (Wildman–Crippen MR) is 86.5 cm³/mol. The van der Waals surface area contributed by atoms with E-state index < -0.39 is 30.5 Å². The summed E-state index contributed by atoms with van der Waals surface area (Å²) in [6.07, 6.45) is -1.18. The SMILES string of the molecule is Cc1cc(C(=O)CN2C(=O)CC3(CCCC3)C2=O)c(C)n1CC(F)(F)F. The number of alkyl halides is 3. The van der Waals surface area contributed by atoms with Gasteiger partial charge >= 0.3 is 6.18 Å². The first kappa shape index (κ1) is 18.7. The molecule has 1 saturated heterocycles. The minimum absolute atomic E-state index is 0.125. The predicted octanol–water partition coefficient (Wildman–Crippen LogP) is 3.17. The standard InChI is InChI=1S/C18H21F3N2O3/c1-11-7-13(12(2)23(11)10-18(19,20)21)14(24)9-22-15(25)8-17(16(22)26)5-3-4-6-17/h7H,3-6,8-10H2,1-2H3. The molecule has 2 heterocycles. The number of hydrogen-bond acceptors (Lipinski definition) is 3. The highest BCUT2D eigenvalue weighted by atomic mass is 19.4. The Kier molecular flexibility index (Phi) is 4.48. The summed E-state index contributed by atoms with van der Waals surface area (Å²) in [5.74, 6) is -1.19. The van der Waals surface area contributed by atoms with Crippen molar-refractivity contribution >= 4 is 17.6 Å². The van der Waals surface area contributed by atoms with E-state index in [4.69, 9.17) is 0 Å². The van der Waals surface area contributed by atoms with Crippen LogP contribution in [0.15, 0.2) is 6.07 Å². The Labute approximate surface area is 149 Å². The number of aromatic nitrogens is 1. The fourth-order valence-electron chi connectivity index (χ4n) is 4.20. The minimum Gasteiger partial charge on any atom is -0.339 e. The lowest BCUT2D eigenvalue weighted by Gasteiger charge is -2.20. The van der Waals surface area contributed by atoms with Crippen molar-refractivity contribution in [3.05, 3.63) is 23.0 Å². The molecule has 1 spiro atoms. The maximum absolute atomic E-state index is 12.7. The highest BCUT2D eigenvalue weighted by Gasteiger charge is 2.52. The van der Waals surface area contributed by atoms with Gasteiger partial charge in [-0.25, -0.2) is 0 Å². The molecule has 8 heteroatoms. The van der Waals surface area contributed by atoms with Gasteiger partial charge in [0.2, 0.25) is 11.8 Å². The van der Waals surface area contributed by atoms with Gasteiger partial charge in [-0.3, -0.25) is 19.3 Å². The number of likely N-dealkylation sites (tertiary alicyclic amines) is 1. The first-order chi connectivity index (χ1) is 12.0. The molecule has 1 aromatic heterocycles. The zero-order valence-electron chi connectivity index (χ0n) is 14.8. The molecule has 0 atom stereocenters. The van der Waals surface area contributed by atoms with Gasteiger partial charge in [0, 0.05) is 23.4 Å². The van der Waals surface area contributed by atoms with Crippen molar-refractivity contribution in [1.82, 2.24) is 9.47 Å².